The van der Waals surface area contributed by atoms with Crippen LogP contribution in [0.5, 0.6) is 0 Å². The number of nitrogens with zero attached hydrogens (tertiary/aromatic N) is 1. The lowest BCUT2D eigenvalue weighted by Crippen LogP contribution is -2.43. The molecule has 1 fully saturated rings. The van der Waals surface area contributed by atoms with Gasteiger partial charge in [0.2, 0.25) is 0 Å². The molecule has 3 heteroatoms. The summed E-state index contributed by atoms with van der Waals surface area (Å²) >= 11 is 2.07. The lowest BCUT2D eigenvalue weighted by molar-refractivity contribution is 0.385. The molecular weight excluding hydrogens is 204 g/mol. The van der Waals surface area contributed by atoms with Crippen molar-refractivity contribution in [1.82, 2.24) is 5.32 Å². The monoisotopic (exact) mass is 226 g/mol. The summed E-state index contributed by atoms with van der Waals surface area (Å²) in [6.45, 7) is 6.49. The smallest absolute Gasteiger partial charge is 0.0683 e. The number of hydrogen-bond donors (Lipinski definition) is 1. The molecule has 86 valence electrons. The molecule has 0 radical (unpaired) electrons. The van der Waals surface area contributed by atoms with E-state index in [2.05, 4.69) is 23.1 Å². The highest BCUT2D eigenvalue weighted by Gasteiger charge is 2.17. The minimum absolute atomic E-state index is 0.122. The van der Waals surface area contributed by atoms with Crippen molar-refractivity contribution in [3.63, 3.8) is 0 Å². The summed E-state index contributed by atoms with van der Waals surface area (Å²) in [7, 11) is 0. The van der Waals surface area contributed by atoms with E-state index >= 15 is 0 Å². The van der Waals surface area contributed by atoms with Crippen molar-refractivity contribution in [3.8, 4) is 6.07 Å². The van der Waals surface area contributed by atoms with Crippen LogP contribution in [0.2, 0.25) is 0 Å². The maximum absolute atomic E-state index is 8.85. The Labute approximate surface area is 97.8 Å². The van der Waals surface area contributed by atoms with Crippen LogP contribution >= 0.6 is 11.8 Å². The Morgan fingerprint density at radius 2 is 2.13 bits per heavy atom. The van der Waals surface area contributed by atoms with Gasteiger partial charge in [-0.3, -0.25) is 0 Å². The molecule has 1 heterocycles. The minimum atomic E-state index is -0.122. The molecule has 0 aromatic carbocycles. The van der Waals surface area contributed by atoms with Crippen LogP contribution in [0.15, 0.2) is 0 Å². The molecular formula is C12H22N2S. The van der Waals surface area contributed by atoms with Gasteiger partial charge in [-0.15, -0.1) is 0 Å². The Morgan fingerprint density at radius 3 is 2.67 bits per heavy atom. The van der Waals surface area contributed by atoms with Gasteiger partial charge in [-0.25, -0.2) is 0 Å². The fraction of sp³-hybridized carbons (Fsp3) is 0.917. The van der Waals surface area contributed by atoms with E-state index in [0.717, 1.165) is 12.3 Å². The third-order valence-electron chi connectivity index (χ3n) is 2.86. The summed E-state index contributed by atoms with van der Waals surface area (Å²) in [5.74, 6) is 3.50. The summed E-state index contributed by atoms with van der Waals surface area (Å²) in [5, 5.41) is 12.1. The molecule has 0 bridgehead atoms. The standard InChI is InChI=1S/C12H22N2S/c1-12(2,10-13)5-3-4-6-15-9-11-7-14-8-11/h11,14H,3-9H2,1-2H3. The predicted molar refractivity (Wildman–Crippen MR) is 66.9 cm³/mol. The van der Waals surface area contributed by atoms with E-state index in [0.29, 0.717) is 0 Å². The normalized spacial score (nSPS) is 17.1. The second-order valence-corrected chi connectivity index (χ2v) is 6.20. The highest BCUT2D eigenvalue weighted by Crippen LogP contribution is 2.22. The Hall–Kier alpha value is -0.200. The number of hydrogen-bond acceptors (Lipinski definition) is 3. The Balaban J connectivity index is 1.86. The molecule has 15 heavy (non-hydrogen) atoms. The molecule has 0 aromatic rings. The van der Waals surface area contributed by atoms with Crippen LogP contribution in [-0.4, -0.2) is 24.6 Å². The van der Waals surface area contributed by atoms with E-state index in [4.69, 9.17) is 5.26 Å². The SMILES string of the molecule is CC(C)(C#N)CCCCSCC1CNC1. The van der Waals surface area contributed by atoms with Crippen molar-refractivity contribution in [1.29, 1.82) is 5.26 Å². The van der Waals surface area contributed by atoms with Gasteiger partial charge in [-0.2, -0.15) is 17.0 Å². The summed E-state index contributed by atoms with van der Waals surface area (Å²) < 4.78 is 0. The first-order valence-electron chi connectivity index (χ1n) is 5.84. The van der Waals surface area contributed by atoms with Gasteiger partial charge in [0.25, 0.3) is 0 Å². The highest BCUT2D eigenvalue weighted by molar-refractivity contribution is 7.99. The number of unbranched alkanes of at least 4 members (excludes halogenated alkanes) is 1. The maximum Gasteiger partial charge on any atom is 0.0683 e. The van der Waals surface area contributed by atoms with E-state index < -0.39 is 0 Å². The largest absolute Gasteiger partial charge is 0.316 e. The van der Waals surface area contributed by atoms with E-state index in [-0.39, 0.29) is 5.41 Å². The first kappa shape index (κ1) is 12.9. The molecule has 0 aliphatic carbocycles. The zero-order chi connectivity index (χ0) is 11.1. The molecule has 0 atom stereocenters. The minimum Gasteiger partial charge on any atom is -0.316 e. The van der Waals surface area contributed by atoms with Gasteiger partial charge in [-0.05, 0) is 57.2 Å². The predicted octanol–water partition coefficient (Wildman–Crippen LogP) is 2.66. The molecule has 2 nitrogen and oxygen atoms in total. The van der Waals surface area contributed by atoms with Crippen molar-refractivity contribution in [2.45, 2.75) is 33.1 Å². The van der Waals surface area contributed by atoms with Gasteiger partial charge in [0.15, 0.2) is 0 Å². The molecule has 1 aliphatic rings. The first-order valence-corrected chi connectivity index (χ1v) is 6.99. The van der Waals surface area contributed by atoms with Crippen LogP contribution < -0.4 is 5.32 Å². The van der Waals surface area contributed by atoms with Crippen molar-refractivity contribution in [2.24, 2.45) is 11.3 Å². The van der Waals surface area contributed by atoms with E-state index in [1.165, 1.54) is 37.4 Å². The summed E-state index contributed by atoms with van der Waals surface area (Å²) in [6.07, 6.45) is 3.49. The molecule has 0 unspecified atom stereocenters. The molecule has 0 spiro atoms. The average Bonchev–Trinajstić information content (AvgIpc) is 2.13. The van der Waals surface area contributed by atoms with Crippen LogP contribution in [0.25, 0.3) is 0 Å². The third-order valence-corrected chi connectivity index (χ3v) is 4.15. The molecule has 1 saturated heterocycles. The fourth-order valence-corrected chi connectivity index (χ4v) is 2.69. The van der Waals surface area contributed by atoms with Gasteiger partial charge in [0, 0.05) is 0 Å². The van der Waals surface area contributed by atoms with Crippen molar-refractivity contribution in [3.05, 3.63) is 0 Å². The van der Waals surface area contributed by atoms with Crippen LogP contribution in [0.3, 0.4) is 0 Å². The molecule has 0 saturated carbocycles. The summed E-state index contributed by atoms with van der Waals surface area (Å²) in [4.78, 5) is 0. The Morgan fingerprint density at radius 1 is 1.40 bits per heavy atom. The number of nitrogens with one attached hydrogen (secondary N) is 1. The fourth-order valence-electron chi connectivity index (χ4n) is 1.54. The summed E-state index contributed by atoms with van der Waals surface area (Å²) in [6, 6.07) is 2.35. The molecule has 1 aliphatic heterocycles. The highest BCUT2D eigenvalue weighted by atomic mass is 32.2. The molecule has 0 aromatic heterocycles. The van der Waals surface area contributed by atoms with E-state index in [1.54, 1.807) is 0 Å². The second kappa shape index (κ2) is 6.40. The Kier molecular flexibility index (Phi) is 5.49. The van der Waals surface area contributed by atoms with Gasteiger partial charge in [0.1, 0.15) is 0 Å². The van der Waals surface area contributed by atoms with Gasteiger partial charge < -0.3 is 5.32 Å². The van der Waals surface area contributed by atoms with Crippen molar-refractivity contribution >= 4 is 11.8 Å². The van der Waals surface area contributed by atoms with Gasteiger partial charge >= 0.3 is 0 Å². The lowest BCUT2D eigenvalue weighted by atomic mass is 9.89. The topological polar surface area (TPSA) is 35.8 Å². The van der Waals surface area contributed by atoms with Crippen molar-refractivity contribution in [2.75, 3.05) is 24.6 Å². The maximum atomic E-state index is 8.85. The number of nitriles is 1. The lowest BCUT2D eigenvalue weighted by Gasteiger charge is -2.26. The summed E-state index contributed by atoms with van der Waals surface area (Å²) in [5.41, 5.74) is -0.122. The average molecular weight is 226 g/mol. The first-order chi connectivity index (χ1) is 7.14. The van der Waals surface area contributed by atoms with E-state index in [1.807, 2.05) is 13.8 Å². The Bertz CT molecular complexity index is 216. The molecule has 0 amide bonds. The van der Waals surface area contributed by atoms with Crippen molar-refractivity contribution < 1.29 is 0 Å². The van der Waals surface area contributed by atoms with E-state index in [9.17, 15) is 0 Å². The zero-order valence-corrected chi connectivity index (χ0v) is 10.7. The third kappa shape index (κ3) is 5.44. The van der Waals surface area contributed by atoms with Crippen LogP contribution in [-0.2, 0) is 0 Å². The van der Waals surface area contributed by atoms with Gasteiger partial charge in [-0.1, -0.05) is 6.42 Å². The van der Waals surface area contributed by atoms with Crippen LogP contribution in [0.4, 0.5) is 0 Å². The molecule has 1 rings (SSSR count). The van der Waals surface area contributed by atoms with Gasteiger partial charge in [0.05, 0.1) is 11.5 Å². The number of thioether (sulfide) groups is 1. The zero-order valence-electron chi connectivity index (χ0n) is 9.88. The second-order valence-electron chi connectivity index (χ2n) is 5.05. The van der Waals surface area contributed by atoms with Crippen LogP contribution in [0.1, 0.15) is 33.1 Å². The quantitative estimate of drug-likeness (QED) is 0.678. The molecule has 1 N–H and O–H groups in total. The van der Waals surface area contributed by atoms with Crippen LogP contribution in [0, 0.1) is 22.7 Å². The number of rotatable bonds is 7.